The highest BCUT2D eigenvalue weighted by molar-refractivity contribution is 5.12. The first kappa shape index (κ1) is 10.4. The average Bonchev–Trinajstić information content (AvgIpc) is 2.72. The Labute approximate surface area is 87.2 Å². The van der Waals surface area contributed by atoms with Crippen molar-refractivity contribution in [1.82, 2.24) is 0 Å². The fourth-order valence-electron chi connectivity index (χ4n) is 3.58. The van der Waals surface area contributed by atoms with Crippen molar-refractivity contribution in [2.45, 2.75) is 39.5 Å². The van der Waals surface area contributed by atoms with E-state index in [0.29, 0.717) is 10.8 Å². The Morgan fingerprint density at radius 3 is 2.29 bits per heavy atom. The summed E-state index contributed by atoms with van der Waals surface area (Å²) < 4.78 is 5.44. The Morgan fingerprint density at radius 1 is 1.29 bits per heavy atom. The van der Waals surface area contributed by atoms with Crippen molar-refractivity contribution in [3.8, 4) is 0 Å². The highest BCUT2D eigenvalue weighted by atomic mass is 16.5. The minimum absolute atomic E-state index is 0.536. The average molecular weight is 197 g/mol. The minimum atomic E-state index is 0.536. The maximum absolute atomic E-state index is 5.75. The molecule has 2 aliphatic rings. The molecule has 2 N–H and O–H groups in total. The van der Waals surface area contributed by atoms with Gasteiger partial charge >= 0.3 is 0 Å². The second-order valence-corrected chi connectivity index (χ2v) is 5.64. The first-order chi connectivity index (χ1) is 6.62. The van der Waals surface area contributed by atoms with Crippen molar-refractivity contribution in [2.75, 3.05) is 19.8 Å². The van der Waals surface area contributed by atoms with Crippen LogP contribution < -0.4 is 5.73 Å². The van der Waals surface area contributed by atoms with Crippen LogP contribution in [-0.2, 0) is 4.74 Å². The number of hydrogen-bond acceptors (Lipinski definition) is 2. The molecule has 0 radical (unpaired) electrons. The normalized spacial score (nSPS) is 37.1. The zero-order chi connectivity index (χ0) is 10.2. The summed E-state index contributed by atoms with van der Waals surface area (Å²) in [5, 5.41) is 0. The van der Waals surface area contributed by atoms with E-state index in [4.69, 9.17) is 10.5 Å². The van der Waals surface area contributed by atoms with Crippen LogP contribution in [0.5, 0.6) is 0 Å². The molecule has 1 unspecified atom stereocenters. The first-order valence-electron chi connectivity index (χ1n) is 5.90. The number of ether oxygens (including phenoxy) is 1. The maximum Gasteiger partial charge on any atom is 0.0468 e. The smallest absolute Gasteiger partial charge is 0.0468 e. The summed E-state index contributed by atoms with van der Waals surface area (Å²) in [6.07, 6.45) is 5.10. The third-order valence-corrected chi connectivity index (χ3v) is 4.57. The standard InChI is InChI=1S/C12H23NO/c1-11(2)9-12(11,5-6-13)10-3-7-14-8-4-10/h10H,3-9,13H2,1-2H3. The highest BCUT2D eigenvalue weighted by Gasteiger charge is 2.63. The van der Waals surface area contributed by atoms with Gasteiger partial charge in [-0.1, -0.05) is 13.8 Å². The lowest BCUT2D eigenvalue weighted by Gasteiger charge is -2.33. The number of nitrogens with two attached hydrogens (primary N) is 1. The summed E-state index contributed by atoms with van der Waals surface area (Å²) in [6.45, 7) is 7.58. The van der Waals surface area contributed by atoms with Crippen molar-refractivity contribution in [1.29, 1.82) is 0 Å². The fraction of sp³-hybridized carbons (Fsp3) is 1.00. The van der Waals surface area contributed by atoms with Crippen molar-refractivity contribution in [3.63, 3.8) is 0 Å². The van der Waals surface area contributed by atoms with E-state index in [1.807, 2.05) is 0 Å². The van der Waals surface area contributed by atoms with Gasteiger partial charge in [-0.2, -0.15) is 0 Å². The van der Waals surface area contributed by atoms with Gasteiger partial charge in [0.05, 0.1) is 0 Å². The van der Waals surface area contributed by atoms with Crippen molar-refractivity contribution >= 4 is 0 Å². The molecule has 1 aliphatic heterocycles. The van der Waals surface area contributed by atoms with Gasteiger partial charge in [-0.05, 0) is 49.0 Å². The number of rotatable bonds is 3. The molecule has 2 heteroatoms. The van der Waals surface area contributed by atoms with E-state index in [2.05, 4.69) is 13.8 Å². The highest BCUT2D eigenvalue weighted by Crippen LogP contribution is 2.70. The summed E-state index contributed by atoms with van der Waals surface area (Å²) in [4.78, 5) is 0. The van der Waals surface area contributed by atoms with Gasteiger partial charge in [-0.15, -0.1) is 0 Å². The molecule has 1 atom stereocenters. The van der Waals surface area contributed by atoms with Crippen LogP contribution in [0.15, 0.2) is 0 Å². The predicted molar refractivity (Wildman–Crippen MR) is 58.0 cm³/mol. The molecule has 2 rings (SSSR count). The zero-order valence-electron chi connectivity index (χ0n) is 9.51. The van der Waals surface area contributed by atoms with Gasteiger partial charge in [0.2, 0.25) is 0 Å². The molecule has 2 fully saturated rings. The van der Waals surface area contributed by atoms with E-state index >= 15 is 0 Å². The molecular weight excluding hydrogens is 174 g/mol. The Morgan fingerprint density at radius 2 is 1.86 bits per heavy atom. The fourth-order valence-corrected chi connectivity index (χ4v) is 3.58. The van der Waals surface area contributed by atoms with Crippen molar-refractivity contribution in [2.24, 2.45) is 22.5 Å². The lowest BCUT2D eigenvalue weighted by Crippen LogP contribution is -2.29. The Hall–Kier alpha value is -0.0800. The predicted octanol–water partition coefficient (Wildman–Crippen LogP) is 2.18. The van der Waals surface area contributed by atoms with Gasteiger partial charge < -0.3 is 10.5 Å². The van der Waals surface area contributed by atoms with Gasteiger partial charge in [-0.25, -0.2) is 0 Å². The summed E-state index contributed by atoms with van der Waals surface area (Å²) in [6, 6.07) is 0. The topological polar surface area (TPSA) is 35.2 Å². The molecule has 1 saturated carbocycles. The van der Waals surface area contributed by atoms with E-state index in [-0.39, 0.29) is 0 Å². The van der Waals surface area contributed by atoms with Crippen LogP contribution in [0.1, 0.15) is 39.5 Å². The molecule has 1 aliphatic carbocycles. The second-order valence-electron chi connectivity index (χ2n) is 5.64. The maximum atomic E-state index is 5.75. The number of hydrogen-bond donors (Lipinski definition) is 1. The Kier molecular flexibility index (Phi) is 2.61. The van der Waals surface area contributed by atoms with E-state index < -0.39 is 0 Å². The van der Waals surface area contributed by atoms with Crippen LogP contribution in [0, 0.1) is 16.7 Å². The summed E-state index contributed by atoms with van der Waals surface area (Å²) in [7, 11) is 0. The molecule has 0 aromatic carbocycles. The van der Waals surface area contributed by atoms with Gasteiger partial charge in [0, 0.05) is 13.2 Å². The van der Waals surface area contributed by atoms with Crippen molar-refractivity contribution in [3.05, 3.63) is 0 Å². The van der Waals surface area contributed by atoms with Crippen LogP contribution in [0.25, 0.3) is 0 Å². The molecule has 14 heavy (non-hydrogen) atoms. The monoisotopic (exact) mass is 197 g/mol. The SMILES string of the molecule is CC1(C)CC1(CCN)C1CCOCC1. The lowest BCUT2D eigenvalue weighted by atomic mass is 9.76. The van der Waals surface area contributed by atoms with Crippen molar-refractivity contribution < 1.29 is 4.74 Å². The Balaban J connectivity index is 2.04. The van der Waals surface area contributed by atoms with E-state index in [0.717, 1.165) is 25.7 Å². The van der Waals surface area contributed by atoms with Crippen LogP contribution in [-0.4, -0.2) is 19.8 Å². The molecular formula is C12H23NO. The van der Waals surface area contributed by atoms with Gasteiger partial charge in [0.15, 0.2) is 0 Å². The summed E-state index contributed by atoms with van der Waals surface area (Å²) in [5.74, 6) is 0.870. The molecule has 82 valence electrons. The zero-order valence-corrected chi connectivity index (χ0v) is 9.51. The molecule has 1 saturated heterocycles. The molecule has 0 amide bonds. The lowest BCUT2D eigenvalue weighted by molar-refractivity contribution is 0.0303. The van der Waals surface area contributed by atoms with E-state index in [9.17, 15) is 0 Å². The molecule has 0 aromatic rings. The van der Waals surface area contributed by atoms with Gasteiger partial charge in [0.1, 0.15) is 0 Å². The molecule has 0 spiro atoms. The molecule has 0 bridgehead atoms. The Bertz CT molecular complexity index is 208. The molecule has 1 heterocycles. The summed E-state index contributed by atoms with van der Waals surface area (Å²) >= 11 is 0. The minimum Gasteiger partial charge on any atom is -0.381 e. The second kappa shape index (κ2) is 3.49. The summed E-state index contributed by atoms with van der Waals surface area (Å²) in [5.41, 5.74) is 6.85. The third-order valence-electron chi connectivity index (χ3n) is 4.57. The third kappa shape index (κ3) is 1.49. The van der Waals surface area contributed by atoms with Gasteiger partial charge in [-0.3, -0.25) is 0 Å². The van der Waals surface area contributed by atoms with E-state index in [1.165, 1.54) is 25.7 Å². The molecule has 0 aromatic heterocycles. The van der Waals surface area contributed by atoms with Crippen LogP contribution >= 0.6 is 0 Å². The molecule has 2 nitrogen and oxygen atoms in total. The van der Waals surface area contributed by atoms with E-state index in [1.54, 1.807) is 0 Å². The largest absolute Gasteiger partial charge is 0.381 e. The first-order valence-corrected chi connectivity index (χ1v) is 5.90. The van der Waals surface area contributed by atoms with Crippen LogP contribution in [0.4, 0.5) is 0 Å². The van der Waals surface area contributed by atoms with Gasteiger partial charge in [0.25, 0.3) is 0 Å². The van der Waals surface area contributed by atoms with Crippen LogP contribution in [0.3, 0.4) is 0 Å². The quantitative estimate of drug-likeness (QED) is 0.752. The van der Waals surface area contributed by atoms with Crippen LogP contribution in [0.2, 0.25) is 0 Å².